The lowest BCUT2D eigenvalue weighted by Crippen LogP contribution is -2.16. The molecule has 0 radical (unpaired) electrons. The molecule has 0 amide bonds. The van der Waals surface area contributed by atoms with Crippen LogP contribution in [0.5, 0.6) is 0 Å². The number of fused-ring (bicyclic) bond motifs is 1. The van der Waals surface area contributed by atoms with E-state index in [1.807, 2.05) is 54.9 Å². The average Bonchev–Trinajstić information content (AvgIpc) is 3.11. The maximum atomic E-state index is 7.93. The Kier molecular flexibility index (Phi) is 4.49. The number of rotatable bonds is 4. The molecule has 0 atom stereocenters. The molecule has 1 aromatic heterocycles. The van der Waals surface area contributed by atoms with E-state index in [1.165, 1.54) is 5.56 Å². The number of nitrogens with zero attached hydrogens (tertiary/aromatic N) is 3. The summed E-state index contributed by atoms with van der Waals surface area (Å²) in [4.78, 5) is 9.10. The van der Waals surface area contributed by atoms with Crippen LogP contribution < -0.4 is 5.73 Å². The Labute approximate surface area is 163 Å². The van der Waals surface area contributed by atoms with Crippen molar-refractivity contribution < 1.29 is 0 Å². The third-order valence-corrected chi connectivity index (χ3v) is 4.67. The monoisotopic (exact) mass is 367 g/mol. The minimum Gasteiger partial charge on any atom is -0.383 e. The Morgan fingerprint density at radius 2 is 1.79 bits per heavy atom. The second-order valence-electron chi connectivity index (χ2n) is 6.79. The molecule has 28 heavy (non-hydrogen) atoms. The Morgan fingerprint density at radius 1 is 1.00 bits per heavy atom. The molecule has 5 heteroatoms. The normalized spacial score (nSPS) is 11.7. The van der Waals surface area contributed by atoms with Gasteiger partial charge in [0, 0.05) is 22.5 Å². The first-order valence-electron chi connectivity index (χ1n) is 9.06. The SMILES string of the molecule is CC(=N)c1ccccc1C(N)=Nc1ccc2c(c1)ncn2-c1cccc(C)c1. The lowest BCUT2D eigenvalue weighted by Gasteiger charge is -2.08. The Balaban J connectivity index is 1.73. The summed E-state index contributed by atoms with van der Waals surface area (Å²) < 4.78 is 2.06. The molecule has 138 valence electrons. The van der Waals surface area contributed by atoms with E-state index in [-0.39, 0.29) is 0 Å². The molecular formula is C23H21N5. The molecule has 1 heterocycles. The van der Waals surface area contributed by atoms with Crippen LogP contribution in [0.3, 0.4) is 0 Å². The van der Waals surface area contributed by atoms with Crippen LogP contribution in [0.4, 0.5) is 5.69 Å². The third kappa shape index (κ3) is 3.30. The van der Waals surface area contributed by atoms with Crippen LogP contribution in [-0.4, -0.2) is 21.1 Å². The van der Waals surface area contributed by atoms with E-state index in [4.69, 9.17) is 11.1 Å². The van der Waals surface area contributed by atoms with Gasteiger partial charge in [0.05, 0.1) is 16.7 Å². The molecule has 3 N–H and O–H groups in total. The molecule has 3 aromatic carbocycles. The predicted molar refractivity (Wildman–Crippen MR) is 115 cm³/mol. The molecule has 0 spiro atoms. The fourth-order valence-electron chi connectivity index (χ4n) is 3.29. The molecule has 0 aliphatic heterocycles. The first-order chi connectivity index (χ1) is 13.5. The molecular weight excluding hydrogens is 346 g/mol. The second kappa shape index (κ2) is 7.12. The van der Waals surface area contributed by atoms with Crippen molar-refractivity contribution in [1.29, 1.82) is 5.41 Å². The van der Waals surface area contributed by atoms with Crippen molar-refractivity contribution in [2.75, 3.05) is 0 Å². The summed E-state index contributed by atoms with van der Waals surface area (Å²) in [5.41, 5.74) is 13.1. The molecule has 0 bridgehead atoms. The quantitative estimate of drug-likeness (QED) is 0.403. The third-order valence-electron chi connectivity index (χ3n) is 4.67. The van der Waals surface area contributed by atoms with Crippen LogP contribution in [0.1, 0.15) is 23.6 Å². The summed E-state index contributed by atoms with van der Waals surface area (Å²) in [5.74, 6) is 0.389. The maximum Gasteiger partial charge on any atom is 0.132 e. The molecule has 0 unspecified atom stereocenters. The van der Waals surface area contributed by atoms with Crippen LogP contribution in [0.25, 0.3) is 16.7 Å². The largest absolute Gasteiger partial charge is 0.383 e. The van der Waals surface area contributed by atoms with Gasteiger partial charge in [-0.3, -0.25) is 4.57 Å². The molecule has 0 aliphatic rings. The number of aryl methyl sites for hydroxylation is 1. The fraction of sp³-hybridized carbons (Fsp3) is 0.0870. The van der Waals surface area contributed by atoms with Gasteiger partial charge in [-0.25, -0.2) is 9.98 Å². The second-order valence-corrected chi connectivity index (χ2v) is 6.79. The highest BCUT2D eigenvalue weighted by atomic mass is 15.0. The predicted octanol–water partition coefficient (Wildman–Crippen LogP) is 4.76. The number of nitrogens with one attached hydrogen (secondary N) is 1. The lowest BCUT2D eigenvalue weighted by atomic mass is 10.0. The number of aromatic nitrogens is 2. The molecule has 0 saturated heterocycles. The highest BCUT2D eigenvalue weighted by Gasteiger charge is 2.09. The van der Waals surface area contributed by atoms with E-state index in [0.717, 1.165) is 33.5 Å². The summed E-state index contributed by atoms with van der Waals surface area (Å²) in [5, 5.41) is 7.93. The number of nitrogens with two attached hydrogens (primary N) is 1. The van der Waals surface area contributed by atoms with Crippen LogP contribution >= 0.6 is 0 Å². The van der Waals surface area contributed by atoms with Crippen molar-refractivity contribution in [3.05, 3.63) is 89.7 Å². The lowest BCUT2D eigenvalue weighted by molar-refractivity contribution is 1.09. The van der Waals surface area contributed by atoms with E-state index in [2.05, 4.69) is 39.7 Å². The van der Waals surface area contributed by atoms with Crippen molar-refractivity contribution in [3.63, 3.8) is 0 Å². The van der Waals surface area contributed by atoms with Gasteiger partial charge in [0.1, 0.15) is 12.2 Å². The number of benzene rings is 3. The highest BCUT2D eigenvalue weighted by Crippen LogP contribution is 2.24. The summed E-state index contributed by atoms with van der Waals surface area (Å²) in [6.07, 6.45) is 1.82. The summed E-state index contributed by atoms with van der Waals surface area (Å²) >= 11 is 0. The van der Waals surface area contributed by atoms with Crippen molar-refractivity contribution in [1.82, 2.24) is 9.55 Å². The van der Waals surface area contributed by atoms with Crippen LogP contribution in [0, 0.1) is 12.3 Å². The van der Waals surface area contributed by atoms with Gasteiger partial charge in [0.2, 0.25) is 0 Å². The smallest absolute Gasteiger partial charge is 0.132 e. The van der Waals surface area contributed by atoms with Gasteiger partial charge in [0.15, 0.2) is 0 Å². The molecule has 4 aromatic rings. The zero-order valence-corrected chi connectivity index (χ0v) is 15.8. The van der Waals surface area contributed by atoms with Gasteiger partial charge in [-0.2, -0.15) is 0 Å². The molecule has 0 saturated carbocycles. The maximum absolute atomic E-state index is 7.93. The molecule has 5 nitrogen and oxygen atoms in total. The van der Waals surface area contributed by atoms with Gasteiger partial charge < -0.3 is 11.1 Å². The first kappa shape index (κ1) is 17.7. The molecule has 0 aliphatic carbocycles. The highest BCUT2D eigenvalue weighted by molar-refractivity contribution is 6.10. The van der Waals surface area contributed by atoms with Crippen LogP contribution in [0.2, 0.25) is 0 Å². The molecule has 4 rings (SSSR count). The van der Waals surface area contributed by atoms with E-state index in [1.54, 1.807) is 6.92 Å². The van der Waals surface area contributed by atoms with E-state index in [9.17, 15) is 0 Å². The zero-order valence-electron chi connectivity index (χ0n) is 15.8. The Hall–Kier alpha value is -3.73. The number of hydrogen-bond donors (Lipinski definition) is 2. The van der Waals surface area contributed by atoms with Crippen LogP contribution in [0.15, 0.2) is 78.0 Å². The minimum absolute atomic E-state index is 0.389. The summed E-state index contributed by atoms with van der Waals surface area (Å²) in [6.45, 7) is 3.82. The summed E-state index contributed by atoms with van der Waals surface area (Å²) in [6, 6.07) is 21.7. The van der Waals surface area contributed by atoms with Gasteiger partial charge in [-0.1, -0.05) is 36.4 Å². The van der Waals surface area contributed by atoms with Gasteiger partial charge in [-0.15, -0.1) is 0 Å². The topological polar surface area (TPSA) is 80.1 Å². The number of amidine groups is 1. The standard InChI is InChI=1S/C23H21N5/c1-15-6-5-7-18(12-15)28-14-26-21-13-17(10-11-22(21)28)27-23(25)20-9-4-3-8-19(20)16(2)24/h3-14,24H,1-2H3,(H2,25,27). The Morgan fingerprint density at radius 3 is 2.54 bits per heavy atom. The number of hydrogen-bond acceptors (Lipinski definition) is 3. The van der Waals surface area contributed by atoms with Crippen LogP contribution in [-0.2, 0) is 0 Å². The van der Waals surface area contributed by atoms with Crippen molar-refractivity contribution in [2.24, 2.45) is 10.7 Å². The number of aliphatic imine (C=N–C) groups is 1. The number of imidazole rings is 1. The average molecular weight is 367 g/mol. The minimum atomic E-state index is 0.389. The molecule has 0 fully saturated rings. The first-order valence-corrected chi connectivity index (χ1v) is 9.06. The van der Waals surface area contributed by atoms with Crippen molar-refractivity contribution >= 4 is 28.3 Å². The summed E-state index contributed by atoms with van der Waals surface area (Å²) in [7, 11) is 0. The van der Waals surface area contributed by atoms with Crippen molar-refractivity contribution in [3.8, 4) is 5.69 Å². The zero-order chi connectivity index (χ0) is 19.7. The Bertz CT molecular complexity index is 1220. The van der Waals surface area contributed by atoms with E-state index >= 15 is 0 Å². The van der Waals surface area contributed by atoms with Gasteiger partial charge >= 0.3 is 0 Å². The van der Waals surface area contributed by atoms with Gasteiger partial charge in [0.25, 0.3) is 0 Å². The van der Waals surface area contributed by atoms with Crippen molar-refractivity contribution in [2.45, 2.75) is 13.8 Å². The van der Waals surface area contributed by atoms with E-state index < -0.39 is 0 Å². The fourth-order valence-corrected chi connectivity index (χ4v) is 3.29. The van der Waals surface area contributed by atoms with Gasteiger partial charge in [-0.05, 0) is 49.7 Å². The van der Waals surface area contributed by atoms with E-state index in [0.29, 0.717) is 11.5 Å².